The molecular formula is C12H24N4O5. The minimum absolute atomic E-state index is 0.112. The van der Waals surface area contributed by atoms with Crippen molar-refractivity contribution >= 4 is 23.7 Å². The van der Waals surface area contributed by atoms with Crippen molar-refractivity contribution in [3.05, 3.63) is 0 Å². The molecule has 21 heavy (non-hydrogen) atoms. The van der Waals surface area contributed by atoms with Crippen LogP contribution in [0.25, 0.3) is 0 Å². The van der Waals surface area contributed by atoms with Gasteiger partial charge in [0, 0.05) is 13.0 Å². The van der Waals surface area contributed by atoms with Crippen LogP contribution in [0, 0.1) is 11.3 Å². The number of carbonyl (C=O) groups excluding carboxylic acids is 1. The van der Waals surface area contributed by atoms with Crippen LogP contribution in [0.5, 0.6) is 0 Å². The summed E-state index contributed by atoms with van der Waals surface area (Å²) in [4.78, 5) is 30.5. The Balaban J connectivity index is 0. The van der Waals surface area contributed by atoms with Gasteiger partial charge in [-0.25, -0.2) is 4.79 Å². The Morgan fingerprint density at radius 2 is 1.76 bits per heavy atom. The lowest BCUT2D eigenvalue weighted by molar-refractivity contribution is -0.149. The summed E-state index contributed by atoms with van der Waals surface area (Å²) in [5, 5.41) is 25.8. The first-order valence-corrected chi connectivity index (χ1v) is 6.40. The maximum absolute atomic E-state index is 10.4. The van der Waals surface area contributed by atoms with Crippen molar-refractivity contribution in [2.75, 3.05) is 6.54 Å². The largest absolute Gasteiger partial charge is 0.480 e. The van der Waals surface area contributed by atoms with E-state index in [2.05, 4.69) is 5.32 Å². The quantitative estimate of drug-likeness (QED) is 0.148. The predicted octanol–water partition coefficient (Wildman–Crippen LogP) is -0.652. The topological polar surface area (TPSA) is 180 Å². The number of carboxylic acids is 2. The SMILES string of the molecule is CC(C)CC(=O)C(=O)O.N=C(N)NCCC[C@H](N)C(=O)O. The molecule has 0 fully saturated rings. The van der Waals surface area contributed by atoms with E-state index >= 15 is 0 Å². The molecule has 0 aromatic rings. The standard InChI is InChI=1S/C6H14N4O2.C6H10O3/c7-4(5(11)12)2-1-3-10-6(8)9;1-4(2)3-5(7)6(8)9/h4H,1-3,7H2,(H,11,12)(H4,8,9,10);4H,3H2,1-2H3,(H,8,9)/t4-;/m0./s1. The van der Waals surface area contributed by atoms with Crippen LogP contribution < -0.4 is 16.8 Å². The maximum Gasteiger partial charge on any atom is 0.372 e. The second-order valence-corrected chi connectivity index (χ2v) is 4.75. The lowest BCUT2D eigenvalue weighted by Gasteiger charge is -2.06. The molecule has 0 unspecified atom stereocenters. The fourth-order valence-corrected chi connectivity index (χ4v) is 1.13. The lowest BCUT2D eigenvalue weighted by atomic mass is 10.1. The maximum atomic E-state index is 10.4. The van der Waals surface area contributed by atoms with Gasteiger partial charge in [-0.3, -0.25) is 15.0 Å². The number of carbonyl (C=O) groups is 3. The molecule has 0 amide bonds. The molecule has 8 N–H and O–H groups in total. The number of hydrogen-bond acceptors (Lipinski definition) is 5. The van der Waals surface area contributed by atoms with Crippen molar-refractivity contribution in [2.45, 2.75) is 39.2 Å². The Kier molecular flexibility index (Phi) is 11.7. The molecule has 0 aromatic carbocycles. The van der Waals surface area contributed by atoms with Crippen LogP contribution in [-0.4, -0.2) is 46.5 Å². The average Bonchev–Trinajstić information content (AvgIpc) is 2.33. The number of guanidine groups is 1. The van der Waals surface area contributed by atoms with Gasteiger partial charge in [0.05, 0.1) is 0 Å². The molecule has 1 atom stereocenters. The van der Waals surface area contributed by atoms with Crippen molar-refractivity contribution in [3.63, 3.8) is 0 Å². The average molecular weight is 304 g/mol. The van der Waals surface area contributed by atoms with Gasteiger partial charge in [-0.15, -0.1) is 0 Å². The second kappa shape index (κ2) is 11.6. The molecule has 0 aromatic heterocycles. The van der Waals surface area contributed by atoms with E-state index in [-0.39, 0.29) is 18.3 Å². The highest BCUT2D eigenvalue weighted by Gasteiger charge is 2.12. The van der Waals surface area contributed by atoms with Gasteiger partial charge >= 0.3 is 11.9 Å². The van der Waals surface area contributed by atoms with Gasteiger partial charge in [-0.05, 0) is 18.8 Å². The minimum atomic E-state index is -1.33. The second-order valence-electron chi connectivity index (χ2n) is 4.75. The van der Waals surface area contributed by atoms with Crippen molar-refractivity contribution in [3.8, 4) is 0 Å². The fourth-order valence-electron chi connectivity index (χ4n) is 1.13. The van der Waals surface area contributed by atoms with E-state index in [0.29, 0.717) is 19.4 Å². The van der Waals surface area contributed by atoms with Gasteiger partial charge in [0.2, 0.25) is 5.78 Å². The summed E-state index contributed by atoms with van der Waals surface area (Å²) in [6, 6.07) is -0.821. The Hall–Kier alpha value is -2.16. The number of Topliss-reactive ketones (excluding diaryl/α,β-unsaturated/α-hetero) is 1. The van der Waals surface area contributed by atoms with E-state index in [1.54, 1.807) is 13.8 Å². The first-order chi connectivity index (χ1) is 9.57. The Morgan fingerprint density at radius 3 is 2.05 bits per heavy atom. The summed E-state index contributed by atoms with van der Waals surface area (Å²) in [6.45, 7) is 4.10. The third-order valence-electron chi connectivity index (χ3n) is 2.16. The number of aliphatic carboxylic acids is 2. The summed E-state index contributed by atoms with van der Waals surface area (Å²) >= 11 is 0. The van der Waals surface area contributed by atoms with E-state index in [1.807, 2.05) is 0 Å². The smallest absolute Gasteiger partial charge is 0.372 e. The zero-order valence-electron chi connectivity index (χ0n) is 12.3. The van der Waals surface area contributed by atoms with Gasteiger partial charge in [0.25, 0.3) is 0 Å². The summed E-state index contributed by atoms with van der Waals surface area (Å²) in [5.41, 5.74) is 10.2. The Morgan fingerprint density at radius 1 is 1.24 bits per heavy atom. The minimum Gasteiger partial charge on any atom is -0.480 e. The van der Waals surface area contributed by atoms with E-state index in [9.17, 15) is 14.4 Å². The molecule has 122 valence electrons. The number of nitrogens with two attached hydrogens (primary N) is 2. The lowest BCUT2D eigenvalue weighted by Crippen LogP contribution is -2.34. The molecular weight excluding hydrogens is 280 g/mol. The highest BCUT2D eigenvalue weighted by atomic mass is 16.4. The predicted molar refractivity (Wildman–Crippen MR) is 76.9 cm³/mol. The van der Waals surface area contributed by atoms with E-state index < -0.39 is 23.8 Å². The zero-order chi connectivity index (χ0) is 17.0. The molecule has 9 heteroatoms. The number of nitrogens with one attached hydrogen (secondary N) is 2. The van der Waals surface area contributed by atoms with Gasteiger partial charge in [-0.1, -0.05) is 13.8 Å². The third kappa shape index (κ3) is 15.8. The van der Waals surface area contributed by atoms with Gasteiger partial charge < -0.3 is 27.0 Å². The number of hydrogen-bond donors (Lipinski definition) is 6. The van der Waals surface area contributed by atoms with E-state index in [4.69, 9.17) is 27.1 Å². The van der Waals surface area contributed by atoms with Gasteiger partial charge in [0.15, 0.2) is 5.96 Å². The van der Waals surface area contributed by atoms with Crippen LogP contribution in [0.2, 0.25) is 0 Å². The van der Waals surface area contributed by atoms with Crippen LogP contribution in [-0.2, 0) is 14.4 Å². The van der Waals surface area contributed by atoms with Crippen LogP contribution in [0.3, 0.4) is 0 Å². The first kappa shape index (κ1) is 21.1. The Bertz CT molecular complexity index is 371. The molecule has 0 aliphatic carbocycles. The molecule has 0 aliphatic heterocycles. The van der Waals surface area contributed by atoms with Gasteiger partial charge in [-0.2, -0.15) is 0 Å². The normalized spacial score (nSPS) is 11.0. The van der Waals surface area contributed by atoms with E-state index in [1.165, 1.54) is 0 Å². The van der Waals surface area contributed by atoms with Gasteiger partial charge in [0.1, 0.15) is 6.04 Å². The number of ketones is 1. The molecule has 0 rings (SSSR count). The van der Waals surface area contributed by atoms with Crippen molar-refractivity contribution < 1.29 is 24.6 Å². The van der Waals surface area contributed by atoms with Crippen molar-refractivity contribution in [2.24, 2.45) is 17.4 Å². The molecule has 0 aliphatic rings. The third-order valence-corrected chi connectivity index (χ3v) is 2.16. The van der Waals surface area contributed by atoms with Crippen LogP contribution >= 0.6 is 0 Å². The number of carboxylic acid groups (broad SMARTS) is 2. The van der Waals surface area contributed by atoms with Crippen LogP contribution in [0.4, 0.5) is 0 Å². The van der Waals surface area contributed by atoms with Crippen LogP contribution in [0.15, 0.2) is 0 Å². The highest BCUT2D eigenvalue weighted by molar-refractivity contribution is 6.32. The monoisotopic (exact) mass is 304 g/mol. The first-order valence-electron chi connectivity index (χ1n) is 6.40. The molecule has 0 heterocycles. The summed E-state index contributed by atoms with van der Waals surface area (Å²) in [5.74, 6) is -3.01. The van der Waals surface area contributed by atoms with Crippen molar-refractivity contribution in [1.29, 1.82) is 5.41 Å². The van der Waals surface area contributed by atoms with E-state index in [0.717, 1.165) is 0 Å². The molecule has 0 saturated heterocycles. The molecule has 0 spiro atoms. The molecule has 0 radical (unpaired) electrons. The van der Waals surface area contributed by atoms with Crippen molar-refractivity contribution in [1.82, 2.24) is 5.32 Å². The fraction of sp³-hybridized carbons (Fsp3) is 0.667. The molecule has 0 saturated carbocycles. The molecule has 0 bridgehead atoms. The summed E-state index contributed by atoms with van der Waals surface area (Å²) in [7, 11) is 0. The molecule has 9 nitrogen and oxygen atoms in total. The number of rotatable bonds is 8. The summed E-state index contributed by atoms with van der Waals surface area (Å²) < 4.78 is 0. The summed E-state index contributed by atoms with van der Waals surface area (Å²) in [6.07, 6.45) is 1.11. The highest BCUT2D eigenvalue weighted by Crippen LogP contribution is 1.99. The zero-order valence-corrected chi connectivity index (χ0v) is 12.3. The Labute approximate surface area is 123 Å². The van der Waals surface area contributed by atoms with Crippen LogP contribution in [0.1, 0.15) is 33.1 Å².